The van der Waals surface area contributed by atoms with E-state index >= 15 is 4.39 Å². The van der Waals surface area contributed by atoms with Gasteiger partial charge >= 0.3 is 25.7 Å². The van der Waals surface area contributed by atoms with Gasteiger partial charge in [0.05, 0.1) is 24.1 Å². The van der Waals surface area contributed by atoms with Crippen LogP contribution in [0, 0.1) is 11.8 Å². The summed E-state index contributed by atoms with van der Waals surface area (Å²) in [5, 5.41) is 6.89. The Kier molecular flexibility index (Phi) is 12.6. The van der Waals surface area contributed by atoms with Gasteiger partial charge in [-0.3, -0.25) is 18.9 Å². The number of ether oxygens (including phenoxy) is 4. The summed E-state index contributed by atoms with van der Waals surface area (Å²) in [6.45, 7) is 5.61. The number of nitrogens with two attached hydrogens (primary N) is 1. The second-order valence-corrected chi connectivity index (χ2v) is 15.4. The van der Waals surface area contributed by atoms with Crippen LogP contribution in [0.3, 0.4) is 0 Å². The van der Waals surface area contributed by atoms with E-state index in [4.69, 9.17) is 33.7 Å². The van der Waals surface area contributed by atoms with E-state index in [0.717, 1.165) is 32.1 Å². The molecule has 2 unspecified atom stereocenters. The minimum atomic E-state index is -4.57. The van der Waals surface area contributed by atoms with Gasteiger partial charge in [-0.1, -0.05) is 52.3 Å². The fourth-order valence-electron chi connectivity index (χ4n) is 6.00. The lowest BCUT2D eigenvalue weighted by Gasteiger charge is -2.34. The zero-order valence-electron chi connectivity index (χ0n) is 29.9. The van der Waals surface area contributed by atoms with Crippen LogP contribution in [0.25, 0.3) is 5.52 Å². The monoisotopic (exact) mass is 747 g/mol. The fourth-order valence-corrected chi connectivity index (χ4v) is 7.55. The normalized spacial score (nSPS) is 24.0. The number of carbonyl (C=O) groups is 3. The van der Waals surface area contributed by atoms with Gasteiger partial charge in [0.25, 0.3) is 0 Å². The molecular weight excluding hydrogens is 700 g/mol. The number of hydrogen-bond donors (Lipinski definition) is 2. The topological polar surface area (TPSA) is 192 Å². The summed E-state index contributed by atoms with van der Waals surface area (Å²) in [6.07, 6.45) is 0.951. The van der Waals surface area contributed by atoms with Gasteiger partial charge in [-0.05, 0) is 56.9 Å². The summed E-state index contributed by atoms with van der Waals surface area (Å²) in [7, 11) is -4.57. The van der Waals surface area contributed by atoms with Gasteiger partial charge in [-0.2, -0.15) is 10.2 Å². The lowest BCUT2D eigenvalue weighted by atomic mass is 9.95. The number of aromatic nitrogens is 3. The summed E-state index contributed by atoms with van der Waals surface area (Å²) < 4.78 is 67.3. The number of anilines is 1. The van der Waals surface area contributed by atoms with Gasteiger partial charge in [0.1, 0.15) is 42.5 Å². The van der Waals surface area contributed by atoms with Crippen LogP contribution in [-0.2, 0) is 42.4 Å². The van der Waals surface area contributed by atoms with E-state index in [1.807, 2.05) is 0 Å². The summed E-state index contributed by atoms with van der Waals surface area (Å²) in [4.78, 5) is 43.4. The van der Waals surface area contributed by atoms with Gasteiger partial charge in [-0.25, -0.2) is 18.5 Å². The lowest BCUT2D eigenvalue weighted by Crippen LogP contribution is -2.52. The van der Waals surface area contributed by atoms with Crippen LogP contribution in [0.15, 0.2) is 48.8 Å². The average Bonchev–Trinajstić information content (AvgIpc) is 3.68. The zero-order chi connectivity index (χ0) is 37.6. The highest BCUT2D eigenvalue weighted by molar-refractivity contribution is 7.52. The van der Waals surface area contributed by atoms with Gasteiger partial charge in [0.15, 0.2) is 23.6 Å². The van der Waals surface area contributed by atoms with Crippen molar-refractivity contribution in [2.45, 2.75) is 103 Å². The molecule has 1 aliphatic heterocycles. The molecule has 0 amide bonds. The molecule has 2 fully saturated rings. The Balaban J connectivity index is 1.51. The summed E-state index contributed by atoms with van der Waals surface area (Å²) in [6, 6.07) is 10.1. The van der Waals surface area contributed by atoms with E-state index in [1.165, 1.54) is 29.9 Å². The van der Waals surface area contributed by atoms with E-state index in [9.17, 15) is 18.9 Å². The quantitative estimate of drug-likeness (QED) is 0.116. The third-order valence-electron chi connectivity index (χ3n) is 8.93. The first-order valence-corrected chi connectivity index (χ1v) is 19.0. The molecule has 284 valence electrons. The van der Waals surface area contributed by atoms with Crippen LogP contribution in [-0.4, -0.2) is 75.7 Å². The third kappa shape index (κ3) is 8.91. The Hall–Kier alpha value is -4.11. The maximum absolute atomic E-state index is 15.8. The Morgan fingerprint density at radius 3 is 2.31 bits per heavy atom. The molecular formula is C35H47FN5O10P. The summed E-state index contributed by atoms with van der Waals surface area (Å²) >= 11 is 0. The SMILES string of the molecule is CC(C)C(=O)O[C@H]1[C@H](c2ccc3c(N)ncnn23)O[C@](CF)(COP(=O)(NC(C)C(=O)OC2CCCCC2)Oc2ccccc2)[C@H]1OC(=O)C(C)C. The number of nitrogens with zero attached hydrogens (tertiary/aromatic N) is 3. The van der Waals surface area contributed by atoms with Gasteiger partial charge in [-0.15, -0.1) is 0 Å². The highest BCUT2D eigenvalue weighted by Crippen LogP contribution is 2.50. The van der Waals surface area contributed by atoms with Crippen LogP contribution in [0.4, 0.5) is 10.2 Å². The lowest BCUT2D eigenvalue weighted by molar-refractivity contribution is -0.178. The fraction of sp³-hybridized carbons (Fsp3) is 0.571. The molecule has 1 aliphatic carbocycles. The van der Waals surface area contributed by atoms with Gasteiger partial charge in [0, 0.05) is 0 Å². The number of fused-ring (bicyclic) bond motifs is 1. The average molecular weight is 748 g/mol. The van der Waals surface area contributed by atoms with Crippen molar-refractivity contribution >= 4 is 37.0 Å². The highest BCUT2D eigenvalue weighted by Gasteiger charge is 2.62. The van der Waals surface area contributed by atoms with Crippen LogP contribution in [0.1, 0.15) is 78.5 Å². The number of para-hydroxylation sites is 1. The molecule has 3 N–H and O–H groups in total. The number of hydrogen-bond acceptors (Lipinski definition) is 13. The molecule has 1 saturated heterocycles. The van der Waals surface area contributed by atoms with Crippen molar-refractivity contribution in [2.75, 3.05) is 19.0 Å². The number of carbonyl (C=O) groups excluding carboxylic acids is 3. The maximum atomic E-state index is 15.8. The first kappa shape index (κ1) is 39.1. The largest absolute Gasteiger partial charge is 0.461 e. The first-order valence-electron chi connectivity index (χ1n) is 17.5. The van der Waals surface area contributed by atoms with Crippen LogP contribution < -0.4 is 15.3 Å². The number of benzene rings is 1. The van der Waals surface area contributed by atoms with Crippen molar-refractivity contribution in [3.8, 4) is 5.75 Å². The van der Waals surface area contributed by atoms with E-state index < -0.39 is 80.7 Å². The molecule has 15 nitrogen and oxygen atoms in total. The molecule has 2 aliphatic rings. The molecule has 1 saturated carbocycles. The molecule has 52 heavy (non-hydrogen) atoms. The molecule has 3 heterocycles. The first-order chi connectivity index (χ1) is 24.8. The standard InChI is InChI=1S/C35H47FN5O10P/c1-21(2)32(42)48-29-28(26-16-17-27-31(37)38-20-39-41(26)27)50-35(18-36,30(29)49-33(43)22(3)4)19-46-52(45,51-25-14-10-7-11-15-25)40-23(5)34(44)47-24-12-8-6-9-13-24/h7,10-11,14-17,20-24,28-30H,6,8-9,12-13,18-19H2,1-5H3,(H,40,45)(H2,37,38,39)/t23?,28-,29-,30-,35+,52?/m0/s1. The Labute approximate surface area is 301 Å². The van der Waals surface area contributed by atoms with Crippen LogP contribution in [0.2, 0.25) is 0 Å². The van der Waals surface area contributed by atoms with Crippen molar-refractivity contribution in [3.05, 3.63) is 54.5 Å². The minimum Gasteiger partial charge on any atom is -0.461 e. The van der Waals surface area contributed by atoms with Gasteiger partial charge in [0.2, 0.25) is 0 Å². The minimum absolute atomic E-state index is 0.120. The number of esters is 3. The molecule has 0 spiro atoms. The van der Waals surface area contributed by atoms with Crippen molar-refractivity contribution < 1.29 is 51.3 Å². The second kappa shape index (κ2) is 16.7. The number of halogens is 1. The Bertz CT molecular complexity index is 1750. The molecule has 1 aromatic carbocycles. The zero-order valence-corrected chi connectivity index (χ0v) is 30.8. The van der Waals surface area contributed by atoms with Crippen LogP contribution in [0.5, 0.6) is 5.75 Å². The molecule has 3 aromatic rings. The van der Waals surface area contributed by atoms with E-state index in [1.54, 1.807) is 58.0 Å². The number of rotatable bonds is 15. The molecule has 5 rings (SSSR count). The highest BCUT2D eigenvalue weighted by atomic mass is 31.2. The van der Waals surface area contributed by atoms with E-state index in [-0.39, 0.29) is 23.4 Å². The molecule has 17 heteroatoms. The molecule has 0 bridgehead atoms. The van der Waals surface area contributed by atoms with Crippen molar-refractivity contribution in [3.63, 3.8) is 0 Å². The van der Waals surface area contributed by atoms with Gasteiger partial charge < -0.3 is 29.2 Å². The molecule has 2 aromatic heterocycles. The third-order valence-corrected chi connectivity index (χ3v) is 10.6. The molecule has 0 radical (unpaired) electrons. The smallest absolute Gasteiger partial charge is 0.459 e. The predicted molar refractivity (Wildman–Crippen MR) is 186 cm³/mol. The number of nitrogens with one attached hydrogen (secondary N) is 1. The predicted octanol–water partition coefficient (Wildman–Crippen LogP) is 5.28. The molecule has 6 atom stereocenters. The van der Waals surface area contributed by atoms with Crippen molar-refractivity contribution in [2.24, 2.45) is 11.8 Å². The van der Waals surface area contributed by atoms with Crippen molar-refractivity contribution in [1.29, 1.82) is 0 Å². The summed E-state index contributed by atoms with van der Waals surface area (Å²) in [5.74, 6) is -3.14. The maximum Gasteiger partial charge on any atom is 0.459 e. The van der Waals surface area contributed by atoms with E-state index in [0.29, 0.717) is 5.52 Å². The number of alkyl halides is 1. The summed E-state index contributed by atoms with van der Waals surface area (Å²) in [5.41, 5.74) is 4.51. The second-order valence-electron chi connectivity index (χ2n) is 13.7. The van der Waals surface area contributed by atoms with Crippen LogP contribution >= 0.6 is 7.75 Å². The van der Waals surface area contributed by atoms with E-state index in [2.05, 4.69) is 15.2 Å². The number of nitrogen functional groups attached to an aromatic ring is 1. The Morgan fingerprint density at radius 1 is 0.981 bits per heavy atom. The Morgan fingerprint density at radius 2 is 1.65 bits per heavy atom. The van der Waals surface area contributed by atoms with Crippen molar-refractivity contribution in [1.82, 2.24) is 19.7 Å².